The zero-order chi connectivity index (χ0) is 12.3. The molecule has 2 rings (SSSR count). The maximum absolute atomic E-state index is 6.07. The van der Waals surface area contributed by atoms with Crippen molar-refractivity contribution >= 4 is 55.6 Å². The lowest BCUT2D eigenvalue weighted by Gasteiger charge is -2.05. The van der Waals surface area contributed by atoms with Gasteiger partial charge in [-0.05, 0) is 40.0 Å². The van der Waals surface area contributed by atoms with Crippen molar-refractivity contribution in [2.24, 2.45) is 0 Å². The van der Waals surface area contributed by atoms with Gasteiger partial charge in [-0.3, -0.25) is 0 Å². The van der Waals surface area contributed by atoms with Crippen LogP contribution in [0.25, 0.3) is 0 Å². The van der Waals surface area contributed by atoms with E-state index in [-0.39, 0.29) is 0 Å². The summed E-state index contributed by atoms with van der Waals surface area (Å²) >= 11 is 16.6. The molecule has 0 saturated carbocycles. The SMILES string of the molecule is Clc1ccc(CCNc2nnc(Br)s2)c(Cl)c1. The van der Waals surface area contributed by atoms with E-state index in [2.05, 4.69) is 31.4 Å². The molecule has 3 nitrogen and oxygen atoms in total. The first kappa shape index (κ1) is 13.1. The van der Waals surface area contributed by atoms with E-state index >= 15 is 0 Å². The number of benzene rings is 1. The van der Waals surface area contributed by atoms with Crippen LogP contribution in [0.5, 0.6) is 0 Å². The van der Waals surface area contributed by atoms with Gasteiger partial charge in [0.1, 0.15) is 0 Å². The van der Waals surface area contributed by atoms with Crippen LogP contribution in [0.2, 0.25) is 10.0 Å². The number of hydrogen-bond donors (Lipinski definition) is 1. The van der Waals surface area contributed by atoms with Crippen molar-refractivity contribution in [3.63, 3.8) is 0 Å². The van der Waals surface area contributed by atoms with Crippen LogP contribution in [0.1, 0.15) is 5.56 Å². The molecule has 0 unspecified atom stereocenters. The van der Waals surface area contributed by atoms with E-state index in [9.17, 15) is 0 Å². The Bertz CT molecular complexity index is 518. The molecule has 2 aromatic rings. The van der Waals surface area contributed by atoms with Gasteiger partial charge in [0.05, 0.1) is 0 Å². The van der Waals surface area contributed by atoms with Gasteiger partial charge in [-0.25, -0.2) is 0 Å². The third-order valence-electron chi connectivity index (χ3n) is 2.09. The molecule has 0 fully saturated rings. The molecule has 0 bridgehead atoms. The van der Waals surface area contributed by atoms with Gasteiger partial charge in [0.15, 0.2) is 3.92 Å². The zero-order valence-corrected chi connectivity index (χ0v) is 12.5. The van der Waals surface area contributed by atoms with E-state index in [0.29, 0.717) is 10.0 Å². The monoisotopic (exact) mass is 351 g/mol. The highest BCUT2D eigenvalue weighted by Gasteiger charge is 2.03. The third-order valence-corrected chi connectivity index (χ3v) is 3.99. The van der Waals surface area contributed by atoms with Crippen LogP contribution >= 0.6 is 50.5 Å². The molecule has 0 radical (unpaired) electrons. The van der Waals surface area contributed by atoms with Gasteiger partial charge in [-0.15, -0.1) is 10.2 Å². The number of halogens is 3. The molecule has 0 aliphatic rings. The van der Waals surface area contributed by atoms with E-state index < -0.39 is 0 Å². The van der Waals surface area contributed by atoms with Crippen LogP contribution in [0.3, 0.4) is 0 Å². The summed E-state index contributed by atoms with van der Waals surface area (Å²) in [7, 11) is 0. The molecule has 1 N–H and O–H groups in total. The van der Waals surface area contributed by atoms with Gasteiger partial charge in [-0.1, -0.05) is 40.6 Å². The first-order chi connectivity index (χ1) is 8.15. The molecule has 7 heteroatoms. The molecule has 0 amide bonds. The Morgan fingerprint density at radius 3 is 2.76 bits per heavy atom. The summed E-state index contributed by atoms with van der Waals surface area (Å²) in [6, 6.07) is 5.52. The minimum absolute atomic E-state index is 0.653. The smallest absolute Gasteiger partial charge is 0.206 e. The Morgan fingerprint density at radius 1 is 1.29 bits per heavy atom. The minimum atomic E-state index is 0.653. The second-order valence-electron chi connectivity index (χ2n) is 3.27. The Labute approximate surface area is 121 Å². The lowest BCUT2D eigenvalue weighted by Crippen LogP contribution is -2.04. The molecule has 1 aromatic carbocycles. The Balaban J connectivity index is 1.90. The summed E-state index contributed by atoms with van der Waals surface area (Å²) < 4.78 is 0.768. The normalized spacial score (nSPS) is 10.5. The van der Waals surface area contributed by atoms with Crippen molar-refractivity contribution in [2.45, 2.75) is 6.42 Å². The fraction of sp³-hybridized carbons (Fsp3) is 0.200. The van der Waals surface area contributed by atoms with Crippen LogP contribution in [0, 0.1) is 0 Å². The van der Waals surface area contributed by atoms with E-state index in [1.807, 2.05) is 12.1 Å². The van der Waals surface area contributed by atoms with Gasteiger partial charge in [0, 0.05) is 16.6 Å². The number of nitrogens with zero attached hydrogens (tertiary/aromatic N) is 2. The van der Waals surface area contributed by atoms with E-state index in [1.165, 1.54) is 11.3 Å². The molecular weight excluding hydrogens is 345 g/mol. The molecule has 1 aromatic heterocycles. The molecule has 0 aliphatic heterocycles. The largest absolute Gasteiger partial charge is 0.360 e. The average molecular weight is 353 g/mol. The molecule has 0 aliphatic carbocycles. The second kappa shape index (κ2) is 6.00. The van der Waals surface area contributed by atoms with Crippen molar-refractivity contribution in [3.8, 4) is 0 Å². The Kier molecular flexibility index (Phi) is 4.62. The van der Waals surface area contributed by atoms with Crippen molar-refractivity contribution in [3.05, 3.63) is 37.7 Å². The van der Waals surface area contributed by atoms with E-state index in [1.54, 1.807) is 6.07 Å². The van der Waals surface area contributed by atoms with Crippen LogP contribution in [-0.2, 0) is 6.42 Å². The molecule has 90 valence electrons. The standard InChI is InChI=1S/C10H8BrCl2N3S/c11-9-15-16-10(17-9)14-4-3-6-1-2-7(12)5-8(6)13/h1-2,5H,3-4H2,(H,14,16). The van der Waals surface area contributed by atoms with Crippen molar-refractivity contribution in [1.29, 1.82) is 0 Å². The summed E-state index contributed by atoms with van der Waals surface area (Å²) in [5.74, 6) is 0. The maximum Gasteiger partial charge on any atom is 0.206 e. The third kappa shape index (κ3) is 3.81. The highest BCUT2D eigenvalue weighted by molar-refractivity contribution is 9.11. The van der Waals surface area contributed by atoms with Crippen LogP contribution in [0.15, 0.2) is 22.1 Å². The number of aromatic nitrogens is 2. The van der Waals surface area contributed by atoms with Crippen LogP contribution in [-0.4, -0.2) is 16.7 Å². The van der Waals surface area contributed by atoms with Crippen molar-refractivity contribution in [2.75, 3.05) is 11.9 Å². The maximum atomic E-state index is 6.07. The lowest BCUT2D eigenvalue weighted by molar-refractivity contribution is 0.991. The first-order valence-corrected chi connectivity index (χ1v) is 7.18. The van der Waals surface area contributed by atoms with Gasteiger partial charge < -0.3 is 5.32 Å². The summed E-state index contributed by atoms with van der Waals surface area (Å²) in [4.78, 5) is 0. The highest BCUT2D eigenvalue weighted by atomic mass is 79.9. The molecule has 0 spiro atoms. The fourth-order valence-electron chi connectivity index (χ4n) is 1.31. The minimum Gasteiger partial charge on any atom is -0.360 e. The lowest BCUT2D eigenvalue weighted by atomic mass is 10.1. The Morgan fingerprint density at radius 2 is 2.12 bits per heavy atom. The number of hydrogen-bond acceptors (Lipinski definition) is 4. The topological polar surface area (TPSA) is 37.8 Å². The first-order valence-electron chi connectivity index (χ1n) is 4.82. The predicted octanol–water partition coefficient (Wildman–Crippen LogP) is 4.26. The summed E-state index contributed by atoms with van der Waals surface area (Å²) in [5, 5.41) is 13.1. The number of nitrogens with one attached hydrogen (secondary N) is 1. The van der Waals surface area contributed by atoms with Crippen molar-refractivity contribution < 1.29 is 0 Å². The Hall–Kier alpha value is -0.360. The van der Waals surface area contributed by atoms with E-state index in [0.717, 1.165) is 27.6 Å². The van der Waals surface area contributed by atoms with Gasteiger partial charge in [-0.2, -0.15) is 0 Å². The molecule has 17 heavy (non-hydrogen) atoms. The second-order valence-corrected chi connectivity index (χ2v) is 6.37. The summed E-state index contributed by atoms with van der Waals surface area (Å²) in [6.07, 6.45) is 0.813. The quantitative estimate of drug-likeness (QED) is 0.893. The van der Waals surface area contributed by atoms with Gasteiger partial charge in [0.25, 0.3) is 0 Å². The fourth-order valence-corrected chi connectivity index (χ4v) is 2.84. The zero-order valence-electron chi connectivity index (χ0n) is 8.58. The summed E-state index contributed by atoms with van der Waals surface area (Å²) in [5.41, 5.74) is 1.06. The predicted molar refractivity (Wildman–Crippen MR) is 76.3 cm³/mol. The average Bonchev–Trinajstić information content (AvgIpc) is 2.68. The molecule has 1 heterocycles. The van der Waals surface area contributed by atoms with Crippen LogP contribution in [0.4, 0.5) is 5.13 Å². The van der Waals surface area contributed by atoms with Crippen molar-refractivity contribution in [1.82, 2.24) is 10.2 Å². The summed E-state index contributed by atoms with van der Waals surface area (Å²) in [6.45, 7) is 0.753. The number of rotatable bonds is 4. The molecule has 0 atom stereocenters. The highest BCUT2D eigenvalue weighted by Crippen LogP contribution is 2.22. The van der Waals surface area contributed by atoms with E-state index in [4.69, 9.17) is 23.2 Å². The molecule has 0 saturated heterocycles. The number of anilines is 1. The molecular formula is C10H8BrCl2N3S. The van der Waals surface area contributed by atoms with Gasteiger partial charge in [0.2, 0.25) is 5.13 Å². The van der Waals surface area contributed by atoms with Gasteiger partial charge >= 0.3 is 0 Å². The van der Waals surface area contributed by atoms with Crippen LogP contribution < -0.4 is 5.32 Å².